The van der Waals surface area contributed by atoms with Crippen molar-refractivity contribution in [2.45, 2.75) is 13.5 Å². The minimum Gasteiger partial charge on any atom is -0.361 e. The zero-order valence-corrected chi connectivity index (χ0v) is 11.0. The van der Waals surface area contributed by atoms with Gasteiger partial charge in [0.25, 0.3) is 5.91 Å². The lowest BCUT2D eigenvalue weighted by Gasteiger charge is -2.09. The van der Waals surface area contributed by atoms with Crippen molar-refractivity contribution in [2.75, 3.05) is 5.43 Å². The summed E-state index contributed by atoms with van der Waals surface area (Å²) in [7, 11) is 0. The molecule has 100 valence electrons. The molecule has 1 heterocycles. The Balaban J connectivity index is 2.09. The van der Waals surface area contributed by atoms with Crippen LogP contribution in [-0.2, 0) is 6.54 Å². The molecule has 0 bridgehead atoms. The van der Waals surface area contributed by atoms with Gasteiger partial charge in [0.2, 0.25) is 0 Å². The van der Waals surface area contributed by atoms with Gasteiger partial charge in [0.15, 0.2) is 0 Å². The van der Waals surface area contributed by atoms with Crippen LogP contribution in [0.4, 0.5) is 5.69 Å². The summed E-state index contributed by atoms with van der Waals surface area (Å²) in [6, 6.07) is 6.58. The molecule has 2 aromatic rings. The van der Waals surface area contributed by atoms with Gasteiger partial charge >= 0.3 is 0 Å². The molecule has 0 aliphatic carbocycles. The molecule has 4 N–H and O–H groups in total. The first kappa shape index (κ1) is 13.4. The third-order valence-electron chi connectivity index (χ3n) is 2.49. The Kier molecular flexibility index (Phi) is 4.03. The van der Waals surface area contributed by atoms with Crippen LogP contribution in [0.15, 0.2) is 28.8 Å². The number of anilines is 1. The van der Waals surface area contributed by atoms with E-state index in [0.717, 1.165) is 0 Å². The molecule has 2 rings (SSSR count). The molecule has 0 unspecified atom stereocenters. The molecule has 0 radical (unpaired) electrons. The maximum Gasteiger partial charge on any atom is 0.253 e. The Morgan fingerprint density at radius 1 is 1.47 bits per heavy atom. The van der Waals surface area contributed by atoms with Crippen LogP contribution in [0.2, 0.25) is 5.02 Å². The van der Waals surface area contributed by atoms with E-state index in [1.807, 2.05) is 0 Å². The number of nitrogens with zero attached hydrogens (tertiary/aromatic N) is 1. The molecular weight excluding hydrogens is 268 g/mol. The number of nitrogen functional groups attached to an aromatic ring is 1. The number of hydrazine groups is 1. The number of aryl methyl sites for hydroxylation is 1. The fraction of sp³-hybridized carbons (Fsp3) is 0.167. The van der Waals surface area contributed by atoms with Crippen LogP contribution < -0.4 is 16.6 Å². The average molecular weight is 281 g/mol. The summed E-state index contributed by atoms with van der Waals surface area (Å²) in [5.74, 6) is 5.74. The van der Waals surface area contributed by atoms with Crippen molar-refractivity contribution in [3.8, 4) is 0 Å². The van der Waals surface area contributed by atoms with Crippen LogP contribution in [-0.4, -0.2) is 11.1 Å². The summed E-state index contributed by atoms with van der Waals surface area (Å²) in [4.78, 5) is 12.0. The number of carbonyl (C=O) groups is 1. The smallest absolute Gasteiger partial charge is 0.253 e. The van der Waals surface area contributed by atoms with E-state index in [1.165, 1.54) is 0 Å². The molecule has 7 heteroatoms. The fourth-order valence-electron chi connectivity index (χ4n) is 1.60. The summed E-state index contributed by atoms with van der Waals surface area (Å²) in [5.41, 5.74) is 3.97. The van der Waals surface area contributed by atoms with Crippen molar-refractivity contribution in [1.29, 1.82) is 0 Å². The Hall–Kier alpha value is -2.05. The van der Waals surface area contributed by atoms with Gasteiger partial charge in [-0.05, 0) is 25.1 Å². The van der Waals surface area contributed by atoms with E-state index in [2.05, 4.69) is 15.9 Å². The molecule has 0 atom stereocenters. The maximum atomic E-state index is 12.0. The van der Waals surface area contributed by atoms with Crippen LogP contribution in [0, 0.1) is 6.92 Å². The van der Waals surface area contributed by atoms with E-state index in [4.69, 9.17) is 22.0 Å². The van der Waals surface area contributed by atoms with Crippen molar-refractivity contribution in [1.82, 2.24) is 10.5 Å². The van der Waals surface area contributed by atoms with E-state index >= 15 is 0 Å². The highest BCUT2D eigenvalue weighted by molar-refractivity contribution is 6.31. The van der Waals surface area contributed by atoms with E-state index in [-0.39, 0.29) is 12.5 Å². The number of rotatable bonds is 4. The number of hydrogen-bond acceptors (Lipinski definition) is 5. The minimum atomic E-state index is -0.295. The highest BCUT2D eigenvalue weighted by Gasteiger charge is 2.12. The number of halogens is 1. The summed E-state index contributed by atoms with van der Waals surface area (Å²) in [6.45, 7) is 2.05. The van der Waals surface area contributed by atoms with Crippen molar-refractivity contribution in [3.05, 3.63) is 46.3 Å². The van der Waals surface area contributed by atoms with Gasteiger partial charge in [0.05, 0.1) is 17.8 Å². The number of aromatic nitrogens is 1. The van der Waals surface area contributed by atoms with Crippen molar-refractivity contribution in [2.24, 2.45) is 5.84 Å². The van der Waals surface area contributed by atoms with E-state index in [9.17, 15) is 4.79 Å². The van der Waals surface area contributed by atoms with Crippen LogP contribution in [0.5, 0.6) is 0 Å². The molecule has 19 heavy (non-hydrogen) atoms. The lowest BCUT2D eigenvalue weighted by molar-refractivity contribution is 0.0951. The van der Waals surface area contributed by atoms with Crippen LogP contribution in [0.3, 0.4) is 0 Å². The number of nitrogens with two attached hydrogens (primary N) is 1. The molecule has 0 saturated heterocycles. The number of amides is 1. The highest BCUT2D eigenvalue weighted by atomic mass is 35.5. The van der Waals surface area contributed by atoms with Gasteiger partial charge in [-0.2, -0.15) is 0 Å². The van der Waals surface area contributed by atoms with Gasteiger partial charge < -0.3 is 15.3 Å². The Bertz CT molecular complexity index is 597. The lowest BCUT2D eigenvalue weighted by Crippen LogP contribution is -2.25. The number of hydrogen-bond donors (Lipinski definition) is 3. The van der Waals surface area contributed by atoms with Crippen LogP contribution in [0.1, 0.15) is 21.8 Å². The number of nitrogens with one attached hydrogen (secondary N) is 2. The first-order valence-corrected chi connectivity index (χ1v) is 5.94. The van der Waals surface area contributed by atoms with Gasteiger partial charge in [-0.1, -0.05) is 16.8 Å². The zero-order valence-electron chi connectivity index (χ0n) is 10.2. The molecule has 0 aliphatic heterocycles. The molecule has 1 aromatic heterocycles. The predicted molar refractivity (Wildman–Crippen MR) is 71.7 cm³/mol. The first-order valence-electron chi connectivity index (χ1n) is 5.56. The molecule has 0 aliphatic rings. The van der Waals surface area contributed by atoms with Crippen molar-refractivity contribution >= 4 is 23.2 Å². The Labute approximate surface area is 114 Å². The maximum absolute atomic E-state index is 12.0. The summed E-state index contributed by atoms with van der Waals surface area (Å²) >= 11 is 5.86. The van der Waals surface area contributed by atoms with E-state index in [0.29, 0.717) is 27.7 Å². The van der Waals surface area contributed by atoms with Crippen LogP contribution >= 0.6 is 11.6 Å². The van der Waals surface area contributed by atoms with Gasteiger partial charge in [0.1, 0.15) is 11.5 Å². The first-order chi connectivity index (χ1) is 9.10. The third kappa shape index (κ3) is 3.24. The largest absolute Gasteiger partial charge is 0.361 e. The van der Waals surface area contributed by atoms with Gasteiger partial charge in [0, 0.05) is 11.1 Å². The second-order valence-electron chi connectivity index (χ2n) is 3.95. The molecule has 1 aromatic carbocycles. The standard InChI is InChI=1S/C12H13ClN4O2/c1-7-4-9(17-19-7)6-15-12(18)10-5-8(13)2-3-11(10)16-14/h2-5,16H,6,14H2,1H3,(H,15,18). The second kappa shape index (κ2) is 5.73. The summed E-state index contributed by atoms with van der Waals surface area (Å²) in [5, 5.41) is 6.96. The number of benzene rings is 1. The monoisotopic (exact) mass is 280 g/mol. The fourth-order valence-corrected chi connectivity index (χ4v) is 1.77. The average Bonchev–Trinajstić information content (AvgIpc) is 2.81. The minimum absolute atomic E-state index is 0.271. The zero-order chi connectivity index (χ0) is 13.8. The lowest BCUT2D eigenvalue weighted by atomic mass is 10.1. The molecular formula is C12H13ClN4O2. The topological polar surface area (TPSA) is 93.2 Å². The molecule has 6 nitrogen and oxygen atoms in total. The van der Waals surface area contributed by atoms with Crippen LogP contribution in [0.25, 0.3) is 0 Å². The third-order valence-corrected chi connectivity index (χ3v) is 2.72. The molecule has 0 spiro atoms. The Morgan fingerprint density at radius 3 is 2.89 bits per heavy atom. The number of carbonyl (C=O) groups excluding carboxylic acids is 1. The summed E-state index contributed by atoms with van der Waals surface area (Å²) in [6.07, 6.45) is 0. The van der Waals surface area contributed by atoms with Gasteiger partial charge in [-0.25, -0.2) is 0 Å². The molecule has 0 saturated carbocycles. The van der Waals surface area contributed by atoms with Gasteiger partial charge in [-0.15, -0.1) is 0 Å². The quantitative estimate of drug-likeness (QED) is 0.587. The molecule has 0 fully saturated rings. The van der Waals surface area contributed by atoms with Gasteiger partial charge in [-0.3, -0.25) is 10.6 Å². The van der Waals surface area contributed by atoms with Crippen molar-refractivity contribution in [3.63, 3.8) is 0 Å². The predicted octanol–water partition coefficient (Wildman–Crippen LogP) is 1.85. The highest BCUT2D eigenvalue weighted by Crippen LogP contribution is 2.19. The molecule has 1 amide bonds. The van der Waals surface area contributed by atoms with E-state index in [1.54, 1.807) is 31.2 Å². The normalized spacial score (nSPS) is 10.3. The van der Waals surface area contributed by atoms with Crippen molar-refractivity contribution < 1.29 is 9.32 Å². The SMILES string of the molecule is Cc1cc(CNC(=O)c2cc(Cl)ccc2NN)no1. The van der Waals surface area contributed by atoms with E-state index < -0.39 is 0 Å². The second-order valence-corrected chi connectivity index (χ2v) is 4.38. The Morgan fingerprint density at radius 2 is 2.26 bits per heavy atom. The summed E-state index contributed by atoms with van der Waals surface area (Å²) < 4.78 is 4.91.